The highest BCUT2D eigenvalue weighted by Gasteiger charge is 2.16. The monoisotopic (exact) mass is 187 g/mol. The van der Waals surface area contributed by atoms with E-state index in [4.69, 9.17) is 11.6 Å². The summed E-state index contributed by atoms with van der Waals surface area (Å²) in [5.41, 5.74) is 0.133. The second-order valence-electron chi connectivity index (χ2n) is 2.32. The molecule has 1 aromatic heterocycles. The van der Waals surface area contributed by atoms with Crippen molar-refractivity contribution in [1.29, 1.82) is 0 Å². The number of carbonyl (C=O) groups excluding carboxylic acids is 1. The predicted octanol–water partition coefficient (Wildman–Crippen LogP) is 2.28. The van der Waals surface area contributed by atoms with E-state index in [0.29, 0.717) is 0 Å². The van der Waals surface area contributed by atoms with Crippen LogP contribution in [0.5, 0.6) is 0 Å². The molecule has 0 aliphatic carbocycles. The van der Waals surface area contributed by atoms with Gasteiger partial charge >= 0.3 is 0 Å². The number of alkyl halides is 1. The van der Waals surface area contributed by atoms with E-state index < -0.39 is 12.0 Å². The Hall–Kier alpha value is -0.960. The largest absolute Gasteiger partial charge is 0.291 e. The molecule has 0 amide bonds. The lowest BCUT2D eigenvalue weighted by Crippen LogP contribution is -2.12. The SMILES string of the molecule is CC(F)C(=O)c1cccnc1Cl. The van der Waals surface area contributed by atoms with Gasteiger partial charge < -0.3 is 0 Å². The number of ketones is 1. The molecule has 1 atom stereocenters. The van der Waals surface area contributed by atoms with Gasteiger partial charge in [0.15, 0.2) is 12.0 Å². The van der Waals surface area contributed by atoms with E-state index >= 15 is 0 Å². The van der Waals surface area contributed by atoms with Crippen LogP contribution in [0.4, 0.5) is 4.39 Å². The van der Waals surface area contributed by atoms with Crippen molar-refractivity contribution in [1.82, 2.24) is 4.98 Å². The first-order valence-corrected chi connectivity index (χ1v) is 3.79. The van der Waals surface area contributed by atoms with E-state index in [1.165, 1.54) is 19.2 Å². The van der Waals surface area contributed by atoms with Crippen molar-refractivity contribution in [3.05, 3.63) is 29.0 Å². The smallest absolute Gasteiger partial charge is 0.199 e. The lowest BCUT2D eigenvalue weighted by atomic mass is 10.1. The van der Waals surface area contributed by atoms with Crippen LogP contribution in [0.2, 0.25) is 5.15 Å². The van der Waals surface area contributed by atoms with Crippen LogP contribution >= 0.6 is 11.6 Å². The maximum absolute atomic E-state index is 12.5. The van der Waals surface area contributed by atoms with E-state index in [1.807, 2.05) is 0 Å². The number of hydrogen-bond donors (Lipinski definition) is 0. The summed E-state index contributed by atoms with van der Waals surface area (Å²) in [7, 11) is 0. The number of halogens is 2. The Morgan fingerprint density at radius 3 is 2.92 bits per heavy atom. The minimum atomic E-state index is -1.54. The highest BCUT2D eigenvalue weighted by molar-refractivity contribution is 6.32. The predicted molar refractivity (Wildman–Crippen MR) is 44.1 cm³/mol. The second kappa shape index (κ2) is 3.63. The molecule has 4 heteroatoms. The first-order chi connectivity index (χ1) is 5.63. The van der Waals surface area contributed by atoms with Crippen LogP contribution in [-0.2, 0) is 0 Å². The summed E-state index contributed by atoms with van der Waals surface area (Å²) >= 11 is 5.56. The molecule has 1 rings (SSSR count). The fraction of sp³-hybridized carbons (Fsp3) is 0.250. The summed E-state index contributed by atoms with van der Waals surface area (Å²) in [6, 6.07) is 3.00. The van der Waals surface area contributed by atoms with Crippen molar-refractivity contribution in [2.75, 3.05) is 0 Å². The highest BCUT2D eigenvalue weighted by atomic mass is 35.5. The third-order valence-electron chi connectivity index (χ3n) is 1.39. The third kappa shape index (κ3) is 1.80. The quantitative estimate of drug-likeness (QED) is 0.525. The van der Waals surface area contributed by atoms with Crippen LogP contribution in [0.25, 0.3) is 0 Å². The Balaban J connectivity index is 3.03. The Morgan fingerprint density at radius 2 is 2.42 bits per heavy atom. The first kappa shape index (κ1) is 9.13. The molecule has 0 bridgehead atoms. The molecule has 0 radical (unpaired) electrons. The molecule has 0 saturated heterocycles. The Kier molecular flexibility index (Phi) is 2.76. The zero-order valence-electron chi connectivity index (χ0n) is 6.42. The fourth-order valence-electron chi connectivity index (χ4n) is 0.784. The molecule has 0 aliphatic rings. The molecule has 1 aromatic rings. The molecule has 1 heterocycles. The van der Waals surface area contributed by atoms with Crippen molar-refractivity contribution in [3.8, 4) is 0 Å². The number of pyridine rings is 1. The third-order valence-corrected chi connectivity index (χ3v) is 1.69. The second-order valence-corrected chi connectivity index (χ2v) is 2.68. The van der Waals surface area contributed by atoms with E-state index in [9.17, 15) is 9.18 Å². The summed E-state index contributed by atoms with van der Waals surface area (Å²) in [4.78, 5) is 14.7. The van der Waals surface area contributed by atoms with Gasteiger partial charge in [0, 0.05) is 6.20 Å². The van der Waals surface area contributed by atoms with Gasteiger partial charge in [0.25, 0.3) is 0 Å². The van der Waals surface area contributed by atoms with Gasteiger partial charge in [0.05, 0.1) is 5.56 Å². The summed E-state index contributed by atoms with van der Waals surface area (Å²) < 4.78 is 12.5. The molecule has 0 aliphatic heterocycles. The summed E-state index contributed by atoms with van der Waals surface area (Å²) in [5, 5.41) is 0.0481. The lowest BCUT2D eigenvalue weighted by Gasteiger charge is -2.01. The fourth-order valence-corrected chi connectivity index (χ4v) is 0.997. The maximum Gasteiger partial charge on any atom is 0.199 e. The molecule has 0 fully saturated rings. The Morgan fingerprint density at radius 1 is 1.75 bits per heavy atom. The highest BCUT2D eigenvalue weighted by Crippen LogP contribution is 2.14. The van der Waals surface area contributed by atoms with Gasteiger partial charge in [-0.25, -0.2) is 9.37 Å². The van der Waals surface area contributed by atoms with Crippen LogP contribution in [0.15, 0.2) is 18.3 Å². The van der Waals surface area contributed by atoms with Gasteiger partial charge in [-0.05, 0) is 19.1 Å². The number of nitrogens with zero attached hydrogens (tertiary/aromatic N) is 1. The van der Waals surface area contributed by atoms with Gasteiger partial charge in [-0.1, -0.05) is 11.6 Å². The maximum atomic E-state index is 12.5. The van der Waals surface area contributed by atoms with Crippen molar-refractivity contribution in [3.63, 3.8) is 0 Å². The zero-order valence-corrected chi connectivity index (χ0v) is 7.18. The first-order valence-electron chi connectivity index (χ1n) is 3.41. The molecule has 0 spiro atoms. The zero-order chi connectivity index (χ0) is 9.14. The molecule has 0 saturated carbocycles. The number of hydrogen-bond acceptors (Lipinski definition) is 2. The van der Waals surface area contributed by atoms with Crippen LogP contribution in [-0.4, -0.2) is 16.9 Å². The van der Waals surface area contributed by atoms with Crippen molar-refractivity contribution in [2.24, 2.45) is 0 Å². The van der Waals surface area contributed by atoms with Crippen LogP contribution in [0, 0.1) is 0 Å². The van der Waals surface area contributed by atoms with Gasteiger partial charge in [-0.15, -0.1) is 0 Å². The molecule has 64 valence electrons. The normalized spacial score (nSPS) is 12.6. The van der Waals surface area contributed by atoms with Crippen molar-refractivity contribution in [2.45, 2.75) is 13.1 Å². The van der Waals surface area contributed by atoms with E-state index in [0.717, 1.165) is 0 Å². The van der Waals surface area contributed by atoms with E-state index in [1.54, 1.807) is 6.07 Å². The standard InChI is InChI=1S/C8H7ClFNO/c1-5(10)7(12)6-3-2-4-11-8(6)9/h2-5H,1H3. The van der Waals surface area contributed by atoms with Gasteiger partial charge in [-0.2, -0.15) is 0 Å². The number of aromatic nitrogens is 1. The molecule has 0 N–H and O–H groups in total. The average molecular weight is 188 g/mol. The average Bonchev–Trinajstić information content (AvgIpc) is 2.04. The number of rotatable bonds is 2. The summed E-state index contributed by atoms with van der Waals surface area (Å²) in [6.45, 7) is 1.17. The molecular weight excluding hydrogens is 181 g/mol. The summed E-state index contributed by atoms with van der Waals surface area (Å²) in [5.74, 6) is -0.631. The van der Waals surface area contributed by atoms with Gasteiger partial charge in [-0.3, -0.25) is 4.79 Å². The number of Topliss-reactive ketones (excluding diaryl/α,β-unsaturated/α-hetero) is 1. The Bertz CT molecular complexity index is 301. The number of carbonyl (C=O) groups is 1. The van der Waals surface area contributed by atoms with Crippen LogP contribution < -0.4 is 0 Å². The van der Waals surface area contributed by atoms with E-state index in [2.05, 4.69) is 4.98 Å². The van der Waals surface area contributed by atoms with Crippen LogP contribution in [0.1, 0.15) is 17.3 Å². The van der Waals surface area contributed by atoms with Crippen molar-refractivity contribution < 1.29 is 9.18 Å². The van der Waals surface area contributed by atoms with Crippen LogP contribution in [0.3, 0.4) is 0 Å². The van der Waals surface area contributed by atoms with Gasteiger partial charge in [0.2, 0.25) is 0 Å². The minimum Gasteiger partial charge on any atom is -0.291 e. The molecule has 1 unspecified atom stereocenters. The lowest BCUT2D eigenvalue weighted by molar-refractivity contribution is 0.0892. The topological polar surface area (TPSA) is 30.0 Å². The Labute approximate surface area is 74.4 Å². The van der Waals surface area contributed by atoms with Crippen molar-refractivity contribution >= 4 is 17.4 Å². The van der Waals surface area contributed by atoms with Gasteiger partial charge in [0.1, 0.15) is 5.15 Å². The summed E-state index contributed by atoms with van der Waals surface area (Å²) in [6.07, 6.45) is -0.0890. The molecule has 12 heavy (non-hydrogen) atoms. The van der Waals surface area contributed by atoms with E-state index in [-0.39, 0.29) is 10.7 Å². The minimum absolute atomic E-state index is 0.0481. The molecule has 2 nitrogen and oxygen atoms in total. The molecule has 0 aromatic carbocycles. The molecular formula is C8H7ClFNO.